The van der Waals surface area contributed by atoms with Crippen molar-refractivity contribution in [2.75, 3.05) is 7.05 Å². The first-order valence-corrected chi connectivity index (χ1v) is 8.30. The van der Waals surface area contributed by atoms with E-state index >= 15 is 0 Å². The van der Waals surface area contributed by atoms with Crippen LogP contribution < -0.4 is 5.56 Å². The molecule has 0 atom stereocenters. The molecule has 3 rings (SSSR count). The van der Waals surface area contributed by atoms with Crippen LogP contribution in [0.4, 0.5) is 0 Å². The summed E-state index contributed by atoms with van der Waals surface area (Å²) in [5.74, 6) is 0. The van der Waals surface area contributed by atoms with Crippen molar-refractivity contribution < 1.29 is 0 Å². The molecule has 2 aromatic carbocycles. The quantitative estimate of drug-likeness (QED) is 0.701. The van der Waals surface area contributed by atoms with Crippen molar-refractivity contribution >= 4 is 34.0 Å². The van der Waals surface area contributed by atoms with Crippen LogP contribution in [-0.2, 0) is 13.2 Å². The third kappa shape index (κ3) is 3.46. The number of nitrogens with zero attached hydrogens (tertiary/aromatic N) is 3. The highest BCUT2D eigenvalue weighted by Crippen LogP contribution is 2.23. The number of benzene rings is 2. The van der Waals surface area contributed by atoms with Gasteiger partial charge in [0, 0.05) is 11.9 Å². The molecular formula is C18H17Cl2N3O. The van der Waals surface area contributed by atoms with Gasteiger partial charge in [0.25, 0.3) is 5.56 Å². The summed E-state index contributed by atoms with van der Waals surface area (Å²) in [6, 6.07) is 13.1. The van der Waals surface area contributed by atoms with Gasteiger partial charge in [-0.3, -0.25) is 9.69 Å². The zero-order valence-corrected chi connectivity index (χ0v) is 15.0. The van der Waals surface area contributed by atoms with Crippen molar-refractivity contribution in [2.24, 2.45) is 0 Å². The first kappa shape index (κ1) is 17.0. The Morgan fingerprint density at radius 2 is 1.79 bits per heavy atom. The van der Waals surface area contributed by atoms with Crippen LogP contribution in [0.2, 0.25) is 10.0 Å². The molecule has 0 saturated carbocycles. The molecule has 124 valence electrons. The van der Waals surface area contributed by atoms with E-state index in [1.54, 1.807) is 6.07 Å². The van der Waals surface area contributed by atoms with E-state index in [2.05, 4.69) is 5.10 Å². The number of halogens is 2. The molecule has 1 heterocycles. The molecule has 3 aromatic rings. The van der Waals surface area contributed by atoms with Gasteiger partial charge in [-0.05, 0) is 37.7 Å². The molecule has 0 radical (unpaired) electrons. The minimum atomic E-state index is -0.0859. The third-order valence-corrected chi connectivity index (χ3v) is 4.60. The van der Waals surface area contributed by atoms with Crippen LogP contribution in [0.5, 0.6) is 0 Å². The van der Waals surface area contributed by atoms with Gasteiger partial charge in [-0.1, -0.05) is 47.5 Å². The molecule has 6 heteroatoms. The van der Waals surface area contributed by atoms with E-state index in [0.717, 1.165) is 16.6 Å². The molecule has 0 unspecified atom stereocenters. The van der Waals surface area contributed by atoms with Gasteiger partial charge < -0.3 is 0 Å². The molecule has 0 bridgehead atoms. The van der Waals surface area contributed by atoms with Gasteiger partial charge in [0.2, 0.25) is 0 Å². The Morgan fingerprint density at radius 3 is 2.50 bits per heavy atom. The average Bonchev–Trinajstić information content (AvgIpc) is 2.56. The number of hydrogen-bond acceptors (Lipinski definition) is 3. The zero-order valence-electron chi connectivity index (χ0n) is 13.5. The third-order valence-electron chi connectivity index (χ3n) is 3.86. The second-order valence-electron chi connectivity index (χ2n) is 5.84. The van der Waals surface area contributed by atoms with Crippen LogP contribution in [-0.4, -0.2) is 21.7 Å². The minimum Gasteiger partial charge on any atom is -0.283 e. The first-order valence-electron chi connectivity index (χ1n) is 7.54. The second kappa shape index (κ2) is 6.93. The van der Waals surface area contributed by atoms with Gasteiger partial charge in [0.1, 0.15) is 0 Å². The molecule has 0 aliphatic heterocycles. The van der Waals surface area contributed by atoms with Crippen molar-refractivity contribution in [1.29, 1.82) is 0 Å². The molecule has 0 N–H and O–H groups in total. The topological polar surface area (TPSA) is 38.1 Å². The highest BCUT2D eigenvalue weighted by Gasteiger charge is 2.10. The lowest BCUT2D eigenvalue weighted by molar-refractivity contribution is 0.240. The van der Waals surface area contributed by atoms with Crippen molar-refractivity contribution in [3.63, 3.8) is 0 Å². The van der Waals surface area contributed by atoms with E-state index in [1.165, 1.54) is 4.68 Å². The summed E-state index contributed by atoms with van der Waals surface area (Å²) >= 11 is 12.0. The number of aryl methyl sites for hydroxylation is 1. The lowest BCUT2D eigenvalue weighted by Crippen LogP contribution is -2.32. The van der Waals surface area contributed by atoms with E-state index in [1.807, 2.05) is 55.3 Å². The molecule has 0 saturated heterocycles. The highest BCUT2D eigenvalue weighted by atomic mass is 35.5. The number of aromatic nitrogens is 2. The Morgan fingerprint density at radius 1 is 1.08 bits per heavy atom. The Bertz CT molecular complexity index is 953. The van der Waals surface area contributed by atoms with E-state index in [-0.39, 0.29) is 5.56 Å². The molecule has 0 aliphatic rings. The van der Waals surface area contributed by atoms with Crippen molar-refractivity contribution in [1.82, 2.24) is 14.7 Å². The van der Waals surface area contributed by atoms with Gasteiger partial charge in [-0.2, -0.15) is 5.10 Å². The van der Waals surface area contributed by atoms with Gasteiger partial charge in [-0.25, -0.2) is 4.68 Å². The van der Waals surface area contributed by atoms with Crippen LogP contribution in [0.3, 0.4) is 0 Å². The number of fused-ring (bicyclic) bond motifs is 1. The maximum atomic E-state index is 12.6. The molecule has 0 fully saturated rings. The van der Waals surface area contributed by atoms with Crippen LogP contribution in [0.25, 0.3) is 10.8 Å². The fourth-order valence-electron chi connectivity index (χ4n) is 2.73. The van der Waals surface area contributed by atoms with E-state index in [9.17, 15) is 4.79 Å². The van der Waals surface area contributed by atoms with E-state index in [4.69, 9.17) is 23.2 Å². The maximum absolute atomic E-state index is 12.6. The first-order chi connectivity index (χ1) is 11.5. The lowest BCUT2D eigenvalue weighted by Gasteiger charge is -2.18. The monoisotopic (exact) mass is 361 g/mol. The highest BCUT2D eigenvalue weighted by molar-refractivity contribution is 6.42. The number of rotatable bonds is 4. The van der Waals surface area contributed by atoms with Crippen LogP contribution in [0.1, 0.15) is 11.3 Å². The van der Waals surface area contributed by atoms with Crippen molar-refractivity contribution in [3.05, 3.63) is 74.1 Å². The zero-order chi connectivity index (χ0) is 17.3. The van der Waals surface area contributed by atoms with E-state index in [0.29, 0.717) is 28.6 Å². The SMILES string of the molecule is Cc1nn(CN(C)Cc2ccc(Cl)c(Cl)c2)c(=O)c2ccccc12. The largest absolute Gasteiger partial charge is 0.283 e. The molecule has 0 amide bonds. The van der Waals surface area contributed by atoms with Gasteiger partial charge in [-0.15, -0.1) is 0 Å². The Kier molecular flexibility index (Phi) is 4.90. The molecular weight excluding hydrogens is 345 g/mol. The molecule has 0 aliphatic carbocycles. The Hall–Kier alpha value is -1.88. The molecule has 1 aromatic heterocycles. The fraction of sp³-hybridized carbons (Fsp3) is 0.222. The normalized spacial score (nSPS) is 11.4. The lowest BCUT2D eigenvalue weighted by atomic mass is 10.1. The maximum Gasteiger partial charge on any atom is 0.275 e. The fourth-order valence-corrected chi connectivity index (χ4v) is 3.05. The smallest absolute Gasteiger partial charge is 0.275 e. The second-order valence-corrected chi connectivity index (χ2v) is 6.65. The molecule has 0 spiro atoms. The molecule has 4 nitrogen and oxygen atoms in total. The van der Waals surface area contributed by atoms with Crippen molar-refractivity contribution in [3.8, 4) is 0 Å². The summed E-state index contributed by atoms with van der Waals surface area (Å²) in [5, 5.41) is 7.07. The molecule has 24 heavy (non-hydrogen) atoms. The summed E-state index contributed by atoms with van der Waals surface area (Å²) in [6.45, 7) is 2.94. The Labute approximate surface area is 150 Å². The summed E-state index contributed by atoms with van der Waals surface area (Å²) < 4.78 is 1.50. The van der Waals surface area contributed by atoms with Gasteiger partial charge in [0.15, 0.2) is 0 Å². The predicted octanol–water partition coefficient (Wildman–Crippen LogP) is 4.10. The van der Waals surface area contributed by atoms with E-state index < -0.39 is 0 Å². The predicted molar refractivity (Wildman–Crippen MR) is 98.7 cm³/mol. The minimum absolute atomic E-state index is 0.0859. The van der Waals surface area contributed by atoms with Gasteiger partial charge in [0.05, 0.1) is 27.8 Å². The summed E-state index contributed by atoms with van der Waals surface area (Å²) in [5.41, 5.74) is 1.78. The standard InChI is InChI=1S/C18H17Cl2N3O/c1-12-14-5-3-4-6-15(14)18(24)23(21-12)11-22(2)10-13-7-8-16(19)17(20)9-13/h3-9H,10-11H2,1-2H3. The van der Waals surface area contributed by atoms with Crippen LogP contribution >= 0.6 is 23.2 Å². The van der Waals surface area contributed by atoms with Gasteiger partial charge >= 0.3 is 0 Å². The van der Waals surface area contributed by atoms with Crippen LogP contribution in [0.15, 0.2) is 47.3 Å². The van der Waals surface area contributed by atoms with Crippen molar-refractivity contribution in [2.45, 2.75) is 20.1 Å². The summed E-state index contributed by atoms with van der Waals surface area (Å²) in [4.78, 5) is 14.6. The van der Waals surface area contributed by atoms with Crippen LogP contribution in [0, 0.1) is 6.92 Å². The average molecular weight is 362 g/mol. The summed E-state index contributed by atoms with van der Waals surface area (Å²) in [7, 11) is 1.93. The number of hydrogen-bond donors (Lipinski definition) is 0. The Balaban J connectivity index is 1.85. The summed E-state index contributed by atoms with van der Waals surface area (Å²) in [6.07, 6.45) is 0.